The van der Waals surface area contributed by atoms with E-state index in [0.717, 1.165) is 0 Å². The summed E-state index contributed by atoms with van der Waals surface area (Å²) in [7, 11) is 0. The lowest BCUT2D eigenvalue weighted by molar-refractivity contribution is 0.661. The van der Waals surface area contributed by atoms with Crippen molar-refractivity contribution in [2.24, 2.45) is 0 Å². The number of hydrogen-bond acceptors (Lipinski definition) is 0. The highest BCUT2D eigenvalue weighted by atomic mass is 15.0. The molecular formula is C28H23N. The Hall–Kier alpha value is -3.32. The van der Waals surface area contributed by atoms with Gasteiger partial charge in [0.15, 0.2) is 0 Å². The van der Waals surface area contributed by atoms with E-state index in [4.69, 9.17) is 0 Å². The highest BCUT2D eigenvalue weighted by Crippen LogP contribution is 2.50. The molecule has 4 aromatic carbocycles. The summed E-state index contributed by atoms with van der Waals surface area (Å²) < 4.78 is 2.43. The first-order chi connectivity index (χ1) is 14.1. The molecule has 0 unspecified atom stereocenters. The molecule has 0 spiro atoms. The van der Waals surface area contributed by atoms with Gasteiger partial charge in [-0.05, 0) is 65.1 Å². The van der Waals surface area contributed by atoms with Crippen molar-refractivity contribution in [3.05, 3.63) is 102 Å². The average Bonchev–Trinajstić information content (AvgIpc) is 3.17. The van der Waals surface area contributed by atoms with Crippen molar-refractivity contribution in [3.8, 4) is 16.8 Å². The van der Waals surface area contributed by atoms with Gasteiger partial charge in [0.05, 0.1) is 11.0 Å². The summed E-state index contributed by atoms with van der Waals surface area (Å²) in [6.45, 7) is 6.86. The number of nitrogens with zero attached hydrogens (tertiary/aromatic N) is 1. The van der Waals surface area contributed by atoms with E-state index >= 15 is 0 Å². The minimum atomic E-state index is 0.00794. The van der Waals surface area contributed by atoms with E-state index < -0.39 is 0 Å². The highest BCUT2D eigenvalue weighted by Gasteiger charge is 2.36. The van der Waals surface area contributed by atoms with Crippen LogP contribution in [0.15, 0.2) is 84.9 Å². The van der Waals surface area contributed by atoms with Crippen LogP contribution in [0, 0.1) is 6.92 Å². The van der Waals surface area contributed by atoms with Crippen LogP contribution in [0.3, 0.4) is 0 Å². The Morgan fingerprint density at radius 2 is 1.41 bits per heavy atom. The van der Waals surface area contributed by atoms with Crippen LogP contribution in [0.4, 0.5) is 0 Å². The van der Waals surface area contributed by atoms with Gasteiger partial charge in [-0.1, -0.05) is 68.4 Å². The maximum atomic E-state index is 2.44. The van der Waals surface area contributed by atoms with E-state index in [0.29, 0.717) is 0 Å². The Bertz CT molecular complexity index is 1430. The molecule has 0 N–H and O–H groups in total. The molecule has 1 aromatic heterocycles. The number of fused-ring (bicyclic) bond motifs is 6. The number of benzene rings is 4. The molecule has 0 atom stereocenters. The Morgan fingerprint density at radius 1 is 0.621 bits per heavy atom. The summed E-state index contributed by atoms with van der Waals surface area (Å²) in [4.78, 5) is 0. The van der Waals surface area contributed by atoms with E-state index in [1.165, 1.54) is 55.3 Å². The fraction of sp³-hybridized carbons (Fsp3) is 0.143. The summed E-state index contributed by atoms with van der Waals surface area (Å²) in [5, 5.41) is 2.64. The fourth-order valence-corrected chi connectivity index (χ4v) is 5.21. The number of aromatic nitrogens is 1. The second kappa shape index (κ2) is 5.61. The maximum absolute atomic E-state index is 2.44. The second-order valence-electron chi connectivity index (χ2n) is 8.78. The molecule has 1 heteroatoms. The third kappa shape index (κ3) is 2.16. The van der Waals surface area contributed by atoms with Crippen LogP contribution in [0.2, 0.25) is 0 Å². The van der Waals surface area contributed by atoms with Crippen LogP contribution in [-0.4, -0.2) is 4.57 Å². The number of para-hydroxylation sites is 1. The smallest absolute Gasteiger partial charge is 0.0544 e. The predicted octanol–water partition coefficient (Wildman–Crippen LogP) is 7.40. The summed E-state index contributed by atoms with van der Waals surface area (Å²) >= 11 is 0. The zero-order chi connectivity index (χ0) is 19.8. The quantitative estimate of drug-likeness (QED) is 0.288. The molecule has 29 heavy (non-hydrogen) atoms. The van der Waals surface area contributed by atoms with Gasteiger partial charge in [-0.3, -0.25) is 0 Å². The van der Waals surface area contributed by atoms with Gasteiger partial charge in [-0.25, -0.2) is 0 Å². The summed E-state index contributed by atoms with van der Waals surface area (Å²) in [6.07, 6.45) is 0. The molecule has 1 nitrogen and oxygen atoms in total. The Kier molecular flexibility index (Phi) is 3.21. The van der Waals surface area contributed by atoms with Crippen molar-refractivity contribution in [1.82, 2.24) is 4.57 Å². The standard InChI is InChI=1S/C28H23N/c1-18-9-8-10-19(15-18)29-26-14-7-5-12-21(26)23-16-22-20-11-4-6-13-24(20)28(2,3)25(22)17-27(23)29/h4-17H,1-3H3. The van der Waals surface area contributed by atoms with E-state index in [1.807, 2.05) is 0 Å². The molecule has 0 radical (unpaired) electrons. The van der Waals surface area contributed by atoms with Crippen LogP contribution in [-0.2, 0) is 5.41 Å². The largest absolute Gasteiger partial charge is 0.309 e. The predicted molar refractivity (Wildman–Crippen MR) is 123 cm³/mol. The summed E-state index contributed by atoms with van der Waals surface area (Å²) in [5.41, 5.74) is 10.7. The van der Waals surface area contributed by atoms with Crippen LogP contribution >= 0.6 is 0 Å². The monoisotopic (exact) mass is 373 g/mol. The third-order valence-corrected chi connectivity index (χ3v) is 6.64. The molecule has 1 heterocycles. The van der Waals surface area contributed by atoms with Crippen molar-refractivity contribution < 1.29 is 0 Å². The van der Waals surface area contributed by atoms with Crippen LogP contribution in [0.5, 0.6) is 0 Å². The van der Waals surface area contributed by atoms with Crippen molar-refractivity contribution in [3.63, 3.8) is 0 Å². The van der Waals surface area contributed by atoms with Crippen molar-refractivity contribution in [2.75, 3.05) is 0 Å². The average molecular weight is 373 g/mol. The van der Waals surface area contributed by atoms with Gasteiger partial charge in [0.1, 0.15) is 0 Å². The van der Waals surface area contributed by atoms with Gasteiger partial charge in [0, 0.05) is 21.9 Å². The first kappa shape index (κ1) is 16.6. The SMILES string of the molecule is Cc1cccc(-n2c3ccccc3c3cc4c(cc32)C(C)(C)c2ccccc2-4)c1. The molecule has 0 saturated heterocycles. The molecule has 140 valence electrons. The van der Waals surface area contributed by atoms with Crippen molar-refractivity contribution >= 4 is 21.8 Å². The minimum Gasteiger partial charge on any atom is -0.309 e. The van der Waals surface area contributed by atoms with Gasteiger partial charge in [-0.2, -0.15) is 0 Å². The van der Waals surface area contributed by atoms with E-state index in [1.54, 1.807) is 0 Å². The summed E-state index contributed by atoms with van der Waals surface area (Å²) in [6, 6.07) is 31.3. The van der Waals surface area contributed by atoms with Gasteiger partial charge in [-0.15, -0.1) is 0 Å². The first-order valence-electron chi connectivity index (χ1n) is 10.3. The zero-order valence-corrected chi connectivity index (χ0v) is 17.0. The minimum absolute atomic E-state index is 0.00794. The number of aryl methyl sites for hydroxylation is 1. The van der Waals surface area contributed by atoms with E-state index in [9.17, 15) is 0 Å². The van der Waals surface area contributed by atoms with Crippen LogP contribution < -0.4 is 0 Å². The van der Waals surface area contributed by atoms with Gasteiger partial charge < -0.3 is 4.57 Å². The van der Waals surface area contributed by atoms with Crippen LogP contribution in [0.25, 0.3) is 38.6 Å². The maximum Gasteiger partial charge on any atom is 0.0544 e. The van der Waals surface area contributed by atoms with E-state index in [2.05, 4.69) is 110 Å². The summed E-state index contributed by atoms with van der Waals surface area (Å²) in [5.74, 6) is 0. The molecule has 5 aromatic rings. The molecular weight excluding hydrogens is 350 g/mol. The van der Waals surface area contributed by atoms with Gasteiger partial charge >= 0.3 is 0 Å². The molecule has 0 bridgehead atoms. The number of rotatable bonds is 1. The van der Waals surface area contributed by atoms with E-state index in [-0.39, 0.29) is 5.41 Å². The van der Waals surface area contributed by atoms with Crippen molar-refractivity contribution in [1.29, 1.82) is 0 Å². The molecule has 0 amide bonds. The molecule has 1 aliphatic carbocycles. The first-order valence-corrected chi connectivity index (χ1v) is 10.3. The molecule has 6 rings (SSSR count). The molecule has 1 aliphatic rings. The molecule has 0 aliphatic heterocycles. The Morgan fingerprint density at radius 3 is 2.28 bits per heavy atom. The van der Waals surface area contributed by atoms with Crippen molar-refractivity contribution in [2.45, 2.75) is 26.2 Å². The van der Waals surface area contributed by atoms with Gasteiger partial charge in [0.2, 0.25) is 0 Å². The Balaban J connectivity index is 1.78. The lowest BCUT2D eigenvalue weighted by atomic mass is 9.82. The topological polar surface area (TPSA) is 4.93 Å². The lowest BCUT2D eigenvalue weighted by Gasteiger charge is -2.21. The molecule has 0 fully saturated rings. The van der Waals surface area contributed by atoms with Crippen LogP contribution in [0.1, 0.15) is 30.5 Å². The second-order valence-corrected chi connectivity index (χ2v) is 8.78. The molecule has 0 saturated carbocycles. The Labute approximate surface area is 171 Å². The highest BCUT2D eigenvalue weighted by molar-refractivity contribution is 6.11. The zero-order valence-electron chi connectivity index (χ0n) is 17.0. The normalized spacial score (nSPS) is 14.3. The number of hydrogen-bond donors (Lipinski definition) is 0. The van der Waals surface area contributed by atoms with Gasteiger partial charge in [0.25, 0.3) is 0 Å². The lowest BCUT2D eigenvalue weighted by Crippen LogP contribution is -2.14. The third-order valence-electron chi connectivity index (χ3n) is 6.64. The fourth-order valence-electron chi connectivity index (χ4n) is 5.21.